The molecule has 0 bridgehead atoms. The maximum atomic E-state index is 13.1. The van der Waals surface area contributed by atoms with Crippen LogP contribution in [0.2, 0.25) is 0 Å². The summed E-state index contributed by atoms with van der Waals surface area (Å²) in [5.74, 6) is -0.188. The third-order valence-electron chi connectivity index (χ3n) is 3.46. The van der Waals surface area contributed by atoms with Gasteiger partial charge >= 0.3 is 12.2 Å². The second-order valence-electron chi connectivity index (χ2n) is 4.96. The van der Waals surface area contributed by atoms with E-state index in [1.165, 1.54) is 25.3 Å². The van der Waals surface area contributed by atoms with Crippen LogP contribution in [-0.2, 0) is 19.1 Å². The largest absolute Gasteiger partial charge is 0.467 e. The van der Waals surface area contributed by atoms with Crippen molar-refractivity contribution in [3.8, 4) is 17.6 Å². The van der Waals surface area contributed by atoms with E-state index in [1.54, 1.807) is 0 Å². The number of hydrogen-bond donors (Lipinski definition) is 1. The van der Waals surface area contributed by atoms with Crippen molar-refractivity contribution in [2.45, 2.75) is 19.1 Å². The maximum absolute atomic E-state index is 13.1. The van der Waals surface area contributed by atoms with Gasteiger partial charge in [-0.05, 0) is 25.1 Å². The van der Waals surface area contributed by atoms with Crippen molar-refractivity contribution in [3.63, 3.8) is 0 Å². The second-order valence-corrected chi connectivity index (χ2v) is 4.96. The lowest BCUT2D eigenvalue weighted by Gasteiger charge is -2.20. The first-order valence-electron chi connectivity index (χ1n) is 6.97. The Kier molecular flexibility index (Phi) is 4.08. The van der Waals surface area contributed by atoms with E-state index in [1.807, 2.05) is 0 Å². The Balaban J connectivity index is 2.04. The lowest BCUT2D eigenvalue weighted by atomic mass is 10.1. The van der Waals surface area contributed by atoms with Crippen LogP contribution in [0.4, 0.5) is 13.2 Å². The normalized spacial score (nSPS) is 14.3. The van der Waals surface area contributed by atoms with Gasteiger partial charge in [0.25, 0.3) is 0 Å². The number of nitrogens with one attached hydrogen (secondary N) is 1. The molecule has 1 aromatic heterocycles. The minimum atomic E-state index is -4.50. The topological polar surface area (TPSA) is 56.3 Å². The fourth-order valence-electron chi connectivity index (χ4n) is 2.37. The van der Waals surface area contributed by atoms with Gasteiger partial charge in [0.15, 0.2) is 0 Å². The quantitative estimate of drug-likeness (QED) is 0.940. The second kappa shape index (κ2) is 6.04. The highest BCUT2D eigenvalue weighted by atomic mass is 19.4. The highest BCUT2D eigenvalue weighted by molar-refractivity contribution is 5.42. The molecule has 1 aliphatic heterocycles. The van der Waals surface area contributed by atoms with Crippen LogP contribution in [-0.4, -0.2) is 23.6 Å². The molecule has 0 atom stereocenters. The molecule has 0 unspecified atom stereocenters. The van der Waals surface area contributed by atoms with Gasteiger partial charge in [-0.1, -0.05) is 12.1 Å². The van der Waals surface area contributed by atoms with Crippen molar-refractivity contribution in [2.24, 2.45) is 0 Å². The summed E-state index contributed by atoms with van der Waals surface area (Å²) < 4.78 is 49.8. The van der Waals surface area contributed by atoms with Gasteiger partial charge in [-0.3, -0.25) is 0 Å². The van der Waals surface area contributed by atoms with Crippen molar-refractivity contribution in [1.29, 1.82) is 0 Å². The molecule has 5 nitrogen and oxygen atoms in total. The summed E-state index contributed by atoms with van der Waals surface area (Å²) in [6.07, 6.45) is -3.93. The van der Waals surface area contributed by atoms with Crippen molar-refractivity contribution >= 4 is 0 Å². The predicted octanol–water partition coefficient (Wildman–Crippen LogP) is 2.94. The van der Waals surface area contributed by atoms with Crippen LogP contribution >= 0.6 is 0 Å². The fraction of sp³-hybridized carbons (Fsp3) is 0.333. The van der Waals surface area contributed by atoms with Crippen LogP contribution in [0.5, 0.6) is 17.6 Å². The predicted molar refractivity (Wildman–Crippen MR) is 75.5 cm³/mol. The molecule has 0 radical (unpaired) electrons. The number of nitrogens with zero attached hydrogens (tertiary/aromatic N) is 2. The molecule has 0 saturated heterocycles. The number of ether oxygens (including phenoxy) is 2. The molecule has 8 heteroatoms. The summed E-state index contributed by atoms with van der Waals surface area (Å²) in [4.78, 5) is 8.28. The first kappa shape index (κ1) is 15.5. The lowest BCUT2D eigenvalue weighted by Crippen LogP contribution is -2.25. The maximum Gasteiger partial charge on any atom is 0.419 e. The van der Waals surface area contributed by atoms with Crippen LogP contribution in [0.25, 0.3) is 0 Å². The Labute approximate surface area is 130 Å². The van der Waals surface area contributed by atoms with Gasteiger partial charge in [-0.25, -0.2) is 0 Å². The standard InChI is InChI=1S/C15H14F3N3O2/c1-22-14-20-11-8-19-7-6-9(11)13(21-14)23-12-5-3-2-4-10(12)15(16,17)18/h2-5,19H,6-8H2,1H3. The Hall–Kier alpha value is -2.35. The number of para-hydroxylation sites is 1. The van der Waals surface area contributed by atoms with Gasteiger partial charge in [0.2, 0.25) is 5.88 Å². The molecule has 1 N–H and O–H groups in total. The molecule has 3 rings (SSSR count). The van der Waals surface area contributed by atoms with Crippen LogP contribution in [0, 0.1) is 0 Å². The highest BCUT2D eigenvalue weighted by Crippen LogP contribution is 2.38. The molecule has 23 heavy (non-hydrogen) atoms. The molecular weight excluding hydrogens is 311 g/mol. The summed E-state index contributed by atoms with van der Waals surface area (Å²) in [7, 11) is 1.39. The smallest absolute Gasteiger partial charge is 0.419 e. The molecule has 0 saturated carbocycles. The van der Waals surface area contributed by atoms with E-state index in [0.29, 0.717) is 30.8 Å². The van der Waals surface area contributed by atoms with Crippen molar-refractivity contribution in [3.05, 3.63) is 41.1 Å². The van der Waals surface area contributed by atoms with Gasteiger partial charge < -0.3 is 14.8 Å². The van der Waals surface area contributed by atoms with E-state index >= 15 is 0 Å². The Morgan fingerprint density at radius 1 is 1.17 bits per heavy atom. The molecule has 1 aliphatic rings. The van der Waals surface area contributed by atoms with Gasteiger partial charge in [-0.2, -0.15) is 23.1 Å². The number of alkyl halides is 3. The van der Waals surface area contributed by atoms with Crippen LogP contribution in [0.15, 0.2) is 24.3 Å². The number of fused-ring (bicyclic) bond motifs is 1. The minimum absolute atomic E-state index is 0.0620. The van der Waals surface area contributed by atoms with Gasteiger partial charge in [-0.15, -0.1) is 0 Å². The van der Waals surface area contributed by atoms with Gasteiger partial charge in [0.05, 0.1) is 18.4 Å². The van der Waals surface area contributed by atoms with E-state index in [-0.39, 0.29) is 17.6 Å². The Morgan fingerprint density at radius 3 is 2.70 bits per heavy atom. The third-order valence-corrected chi connectivity index (χ3v) is 3.46. The average Bonchev–Trinajstić information content (AvgIpc) is 2.54. The third kappa shape index (κ3) is 3.21. The van der Waals surface area contributed by atoms with Crippen LogP contribution in [0.3, 0.4) is 0 Å². The summed E-state index contributed by atoms with van der Waals surface area (Å²) >= 11 is 0. The first-order chi connectivity index (χ1) is 11.0. The van der Waals surface area contributed by atoms with Crippen LogP contribution < -0.4 is 14.8 Å². The number of rotatable bonds is 3. The van der Waals surface area contributed by atoms with Crippen molar-refractivity contribution in [2.75, 3.05) is 13.7 Å². The number of halogens is 3. The lowest BCUT2D eigenvalue weighted by molar-refractivity contribution is -0.138. The van der Waals surface area contributed by atoms with Crippen LogP contribution in [0.1, 0.15) is 16.8 Å². The molecule has 2 heterocycles. The number of benzene rings is 1. The summed E-state index contributed by atoms with van der Waals surface area (Å²) in [5, 5.41) is 3.14. The SMILES string of the molecule is COc1nc2c(c(Oc3ccccc3C(F)(F)F)n1)CCNC2. The Morgan fingerprint density at radius 2 is 1.96 bits per heavy atom. The zero-order valence-electron chi connectivity index (χ0n) is 12.3. The molecule has 122 valence electrons. The zero-order valence-corrected chi connectivity index (χ0v) is 12.3. The van der Waals surface area contributed by atoms with Gasteiger partial charge in [0.1, 0.15) is 5.75 Å². The monoisotopic (exact) mass is 325 g/mol. The van der Waals surface area contributed by atoms with Crippen molar-refractivity contribution < 1.29 is 22.6 Å². The molecule has 1 aromatic carbocycles. The molecule has 0 amide bonds. The first-order valence-corrected chi connectivity index (χ1v) is 6.97. The molecular formula is C15H14F3N3O2. The minimum Gasteiger partial charge on any atom is -0.467 e. The molecule has 0 fully saturated rings. The fourth-order valence-corrected chi connectivity index (χ4v) is 2.37. The summed E-state index contributed by atoms with van der Waals surface area (Å²) in [6, 6.07) is 5.10. The molecule has 0 aliphatic carbocycles. The summed E-state index contributed by atoms with van der Waals surface area (Å²) in [6.45, 7) is 1.17. The van der Waals surface area contributed by atoms with Gasteiger partial charge in [0, 0.05) is 12.1 Å². The average molecular weight is 325 g/mol. The Bertz CT molecular complexity index is 720. The number of methoxy groups -OCH3 is 1. The number of aromatic nitrogens is 2. The summed E-state index contributed by atoms with van der Waals surface area (Å²) in [5.41, 5.74) is 0.518. The highest BCUT2D eigenvalue weighted by Gasteiger charge is 2.34. The number of hydrogen-bond acceptors (Lipinski definition) is 5. The molecule has 2 aromatic rings. The van der Waals surface area contributed by atoms with Crippen molar-refractivity contribution in [1.82, 2.24) is 15.3 Å². The van der Waals surface area contributed by atoms with E-state index < -0.39 is 11.7 Å². The van der Waals surface area contributed by atoms with E-state index in [2.05, 4.69) is 15.3 Å². The van der Waals surface area contributed by atoms with E-state index in [0.717, 1.165) is 6.07 Å². The molecule has 0 spiro atoms. The zero-order chi connectivity index (χ0) is 16.4. The van der Waals surface area contributed by atoms with E-state index in [4.69, 9.17) is 9.47 Å². The van der Waals surface area contributed by atoms with E-state index in [9.17, 15) is 13.2 Å².